The van der Waals surface area contributed by atoms with Crippen molar-refractivity contribution in [2.24, 2.45) is 5.73 Å². The number of aromatic amines is 1. The van der Waals surface area contributed by atoms with Crippen LogP contribution >= 0.6 is 11.6 Å². The molecule has 4 heteroatoms. The summed E-state index contributed by atoms with van der Waals surface area (Å²) in [6.45, 7) is 2.77. The molecule has 0 aliphatic heterocycles. The van der Waals surface area contributed by atoms with Crippen molar-refractivity contribution in [1.29, 1.82) is 0 Å². The highest BCUT2D eigenvalue weighted by atomic mass is 35.5. The van der Waals surface area contributed by atoms with Crippen LogP contribution < -0.4 is 5.73 Å². The first-order chi connectivity index (χ1) is 5.25. The maximum atomic E-state index is 5.81. The van der Waals surface area contributed by atoms with E-state index in [0.717, 1.165) is 12.0 Å². The summed E-state index contributed by atoms with van der Waals surface area (Å²) in [6, 6.07) is 0. The zero-order valence-electron chi connectivity index (χ0n) is 6.47. The van der Waals surface area contributed by atoms with Gasteiger partial charge in [0.25, 0.3) is 0 Å². The number of rotatable bonds is 3. The maximum absolute atomic E-state index is 5.81. The molecule has 1 unspecified atom stereocenters. The van der Waals surface area contributed by atoms with Gasteiger partial charge in [-0.2, -0.15) is 5.10 Å². The zero-order chi connectivity index (χ0) is 8.27. The van der Waals surface area contributed by atoms with Crippen molar-refractivity contribution < 1.29 is 0 Å². The van der Waals surface area contributed by atoms with Crippen LogP contribution in [0.15, 0.2) is 6.20 Å². The molecule has 3 nitrogen and oxygen atoms in total. The fourth-order valence-electron chi connectivity index (χ4n) is 1.03. The van der Waals surface area contributed by atoms with Crippen LogP contribution in [0.25, 0.3) is 0 Å². The van der Waals surface area contributed by atoms with Crippen molar-refractivity contribution in [3.8, 4) is 0 Å². The largest absolute Gasteiger partial charge is 0.330 e. The number of nitrogens with two attached hydrogens (primary N) is 1. The van der Waals surface area contributed by atoms with Crippen molar-refractivity contribution >= 4 is 11.6 Å². The minimum absolute atomic E-state index is 0.395. The van der Waals surface area contributed by atoms with Gasteiger partial charge in [0, 0.05) is 5.56 Å². The normalized spacial score (nSPS) is 13.4. The van der Waals surface area contributed by atoms with Gasteiger partial charge in [0.05, 0.1) is 6.20 Å². The molecule has 1 aromatic rings. The molecule has 1 rings (SSSR count). The van der Waals surface area contributed by atoms with Gasteiger partial charge in [0.2, 0.25) is 0 Å². The summed E-state index contributed by atoms with van der Waals surface area (Å²) >= 11 is 5.81. The molecule has 3 N–H and O–H groups in total. The van der Waals surface area contributed by atoms with Gasteiger partial charge in [0.1, 0.15) is 5.15 Å². The van der Waals surface area contributed by atoms with Crippen molar-refractivity contribution in [1.82, 2.24) is 10.2 Å². The fourth-order valence-corrected chi connectivity index (χ4v) is 1.31. The van der Waals surface area contributed by atoms with E-state index < -0.39 is 0 Å². The lowest BCUT2D eigenvalue weighted by Crippen LogP contribution is -2.04. The summed E-state index contributed by atoms with van der Waals surface area (Å²) in [5, 5.41) is 7.14. The quantitative estimate of drug-likeness (QED) is 0.728. The third kappa shape index (κ3) is 1.94. The molecule has 62 valence electrons. The first-order valence-electron chi connectivity index (χ1n) is 3.64. The van der Waals surface area contributed by atoms with Gasteiger partial charge >= 0.3 is 0 Å². The van der Waals surface area contributed by atoms with Gasteiger partial charge in [-0.1, -0.05) is 18.5 Å². The third-order valence-corrected chi connectivity index (χ3v) is 2.05. The first-order valence-corrected chi connectivity index (χ1v) is 4.02. The summed E-state index contributed by atoms with van der Waals surface area (Å²) in [7, 11) is 0. The molecule has 0 saturated carbocycles. The first kappa shape index (κ1) is 8.56. The molecular formula is C7H12ClN3. The fraction of sp³-hybridized carbons (Fsp3) is 0.571. The van der Waals surface area contributed by atoms with Crippen LogP contribution in [0.2, 0.25) is 5.15 Å². The minimum Gasteiger partial charge on any atom is -0.330 e. The second-order valence-corrected chi connectivity index (χ2v) is 3.00. The lowest BCUT2D eigenvalue weighted by molar-refractivity contribution is 0.691. The van der Waals surface area contributed by atoms with Gasteiger partial charge in [-0.05, 0) is 18.9 Å². The Morgan fingerprint density at radius 3 is 3.00 bits per heavy atom. The van der Waals surface area contributed by atoms with E-state index in [-0.39, 0.29) is 0 Å². The van der Waals surface area contributed by atoms with Gasteiger partial charge in [-0.3, -0.25) is 5.10 Å². The lowest BCUT2D eigenvalue weighted by Gasteiger charge is -2.06. The molecule has 0 aromatic carbocycles. The van der Waals surface area contributed by atoms with E-state index in [1.54, 1.807) is 6.20 Å². The van der Waals surface area contributed by atoms with E-state index in [9.17, 15) is 0 Å². The van der Waals surface area contributed by atoms with Gasteiger partial charge in [-0.15, -0.1) is 0 Å². The predicted molar refractivity (Wildman–Crippen MR) is 45.7 cm³/mol. The Bertz CT molecular complexity index is 221. The number of aromatic nitrogens is 2. The summed E-state index contributed by atoms with van der Waals surface area (Å²) in [6.07, 6.45) is 2.70. The van der Waals surface area contributed by atoms with Crippen LogP contribution in [0.4, 0.5) is 0 Å². The third-order valence-electron chi connectivity index (χ3n) is 1.75. The van der Waals surface area contributed by atoms with E-state index >= 15 is 0 Å². The van der Waals surface area contributed by atoms with Crippen molar-refractivity contribution in [2.45, 2.75) is 19.3 Å². The molecule has 0 fully saturated rings. The highest BCUT2D eigenvalue weighted by Gasteiger charge is 2.09. The molecule has 0 bridgehead atoms. The molecule has 11 heavy (non-hydrogen) atoms. The molecule has 0 saturated heterocycles. The maximum Gasteiger partial charge on any atom is 0.127 e. The van der Waals surface area contributed by atoms with Crippen molar-refractivity contribution in [2.75, 3.05) is 6.54 Å². The molecular weight excluding hydrogens is 162 g/mol. The number of hydrogen-bond donors (Lipinski definition) is 2. The van der Waals surface area contributed by atoms with E-state index in [1.165, 1.54) is 0 Å². The highest BCUT2D eigenvalue weighted by molar-refractivity contribution is 6.30. The lowest BCUT2D eigenvalue weighted by atomic mass is 10.0. The molecule has 0 radical (unpaired) electrons. The van der Waals surface area contributed by atoms with E-state index in [0.29, 0.717) is 17.6 Å². The molecule has 1 aromatic heterocycles. The number of nitrogens with one attached hydrogen (secondary N) is 1. The molecule has 0 spiro atoms. The van der Waals surface area contributed by atoms with Crippen LogP contribution in [0.1, 0.15) is 24.8 Å². The summed E-state index contributed by atoms with van der Waals surface area (Å²) in [4.78, 5) is 0. The standard InChI is InChI=1S/C7H12ClN3/c1-5(2-3-9)6-4-10-11-7(6)8/h4-5H,2-3,9H2,1H3,(H,10,11). The van der Waals surface area contributed by atoms with Crippen LogP contribution in [0.3, 0.4) is 0 Å². The molecule has 1 heterocycles. The minimum atomic E-state index is 0.395. The molecule has 1 atom stereocenters. The number of hydrogen-bond acceptors (Lipinski definition) is 2. The van der Waals surface area contributed by atoms with Crippen molar-refractivity contribution in [3.63, 3.8) is 0 Å². The van der Waals surface area contributed by atoms with Crippen molar-refractivity contribution in [3.05, 3.63) is 16.9 Å². The second kappa shape index (κ2) is 3.74. The van der Waals surface area contributed by atoms with Crippen LogP contribution in [-0.2, 0) is 0 Å². The molecule has 0 aliphatic carbocycles. The monoisotopic (exact) mass is 173 g/mol. The summed E-state index contributed by atoms with van der Waals surface area (Å²) in [5.41, 5.74) is 6.46. The SMILES string of the molecule is CC(CCN)c1cn[nH]c1Cl. The van der Waals surface area contributed by atoms with Crippen LogP contribution in [-0.4, -0.2) is 16.7 Å². The second-order valence-electron chi connectivity index (χ2n) is 2.62. The highest BCUT2D eigenvalue weighted by Crippen LogP contribution is 2.23. The summed E-state index contributed by atoms with van der Waals surface area (Å²) in [5.74, 6) is 0.395. The zero-order valence-corrected chi connectivity index (χ0v) is 7.23. The van der Waals surface area contributed by atoms with Crippen LogP contribution in [0, 0.1) is 0 Å². The summed E-state index contributed by atoms with van der Waals surface area (Å²) < 4.78 is 0. The van der Waals surface area contributed by atoms with Gasteiger partial charge in [0.15, 0.2) is 0 Å². The number of H-pyrrole nitrogens is 1. The Labute approximate surface area is 70.9 Å². The Morgan fingerprint density at radius 1 is 1.82 bits per heavy atom. The molecule has 0 amide bonds. The number of nitrogens with zero attached hydrogens (tertiary/aromatic N) is 1. The van der Waals surface area contributed by atoms with E-state index in [2.05, 4.69) is 17.1 Å². The van der Waals surface area contributed by atoms with Gasteiger partial charge < -0.3 is 5.73 Å². The van der Waals surface area contributed by atoms with E-state index in [4.69, 9.17) is 17.3 Å². The molecule has 0 aliphatic rings. The average Bonchev–Trinajstić information content (AvgIpc) is 2.36. The predicted octanol–water partition coefficient (Wildman–Crippen LogP) is 1.52. The Morgan fingerprint density at radius 2 is 2.55 bits per heavy atom. The van der Waals surface area contributed by atoms with E-state index in [1.807, 2.05) is 0 Å². The number of halogens is 1. The smallest absolute Gasteiger partial charge is 0.127 e. The van der Waals surface area contributed by atoms with Crippen LogP contribution in [0.5, 0.6) is 0 Å². The Balaban J connectivity index is 2.67. The Hall–Kier alpha value is -0.540. The Kier molecular flexibility index (Phi) is 2.91. The average molecular weight is 174 g/mol. The van der Waals surface area contributed by atoms with Gasteiger partial charge in [-0.25, -0.2) is 0 Å². The topological polar surface area (TPSA) is 54.7 Å².